The molecule has 1 aromatic carbocycles. The summed E-state index contributed by atoms with van der Waals surface area (Å²) in [6.45, 7) is 0. The minimum absolute atomic E-state index is 0.321. The Labute approximate surface area is 80.4 Å². The van der Waals surface area contributed by atoms with Crippen molar-refractivity contribution in [2.24, 2.45) is 0 Å². The highest BCUT2D eigenvalue weighted by molar-refractivity contribution is 5.75. The van der Waals surface area contributed by atoms with Gasteiger partial charge in [0.1, 0.15) is 12.1 Å². The average Bonchev–Trinajstić information content (AvgIpc) is 2.23. The molecule has 3 nitrogen and oxygen atoms in total. The summed E-state index contributed by atoms with van der Waals surface area (Å²) in [5.41, 5.74) is 7.54. The second-order valence-corrected chi connectivity index (χ2v) is 2.86. The molecule has 2 aromatic rings. The van der Waals surface area contributed by atoms with Crippen molar-refractivity contribution in [3.8, 4) is 11.1 Å². The molecule has 0 bridgehead atoms. The van der Waals surface area contributed by atoms with Crippen LogP contribution in [0, 0.1) is 5.82 Å². The molecule has 0 unspecified atom stereocenters. The van der Waals surface area contributed by atoms with E-state index in [1.807, 2.05) is 0 Å². The van der Waals surface area contributed by atoms with Gasteiger partial charge in [-0.05, 0) is 18.2 Å². The number of aromatic nitrogens is 2. The third kappa shape index (κ3) is 1.54. The molecule has 1 aromatic heterocycles. The summed E-state index contributed by atoms with van der Waals surface area (Å²) in [5, 5.41) is 0. The summed E-state index contributed by atoms with van der Waals surface area (Å²) in [4.78, 5) is 7.69. The molecule has 0 saturated heterocycles. The molecule has 0 aliphatic rings. The van der Waals surface area contributed by atoms with Gasteiger partial charge in [-0.2, -0.15) is 0 Å². The highest BCUT2D eigenvalue weighted by Gasteiger charge is 2.03. The van der Waals surface area contributed by atoms with Crippen LogP contribution in [0.5, 0.6) is 0 Å². The van der Waals surface area contributed by atoms with Crippen molar-refractivity contribution in [1.82, 2.24) is 9.97 Å². The van der Waals surface area contributed by atoms with Gasteiger partial charge in [-0.25, -0.2) is 14.4 Å². The zero-order chi connectivity index (χ0) is 9.97. The lowest BCUT2D eigenvalue weighted by atomic mass is 10.1. The lowest BCUT2D eigenvalue weighted by Gasteiger charge is -2.04. The number of hydrogen-bond acceptors (Lipinski definition) is 3. The van der Waals surface area contributed by atoms with Crippen LogP contribution < -0.4 is 5.73 Å². The second-order valence-electron chi connectivity index (χ2n) is 2.86. The van der Waals surface area contributed by atoms with Crippen molar-refractivity contribution in [1.29, 1.82) is 0 Å². The van der Waals surface area contributed by atoms with Crippen LogP contribution in [0.2, 0.25) is 0 Å². The number of benzene rings is 1. The lowest BCUT2D eigenvalue weighted by Crippen LogP contribution is -1.91. The molecule has 2 rings (SSSR count). The Bertz CT molecular complexity index is 442. The first-order valence-electron chi connectivity index (χ1n) is 4.08. The van der Waals surface area contributed by atoms with Gasteiger partial charge >= 0.3 is 0 Å². The van der Waals surface area contributed by atoms with Crippen molar-refractivity contribution < 1.29 is 4.39 Å². The van der Waals surface area contributed by atoms with E-state index in [0.717, 1.165) is 0 Å². The fourth-order valence-electron chi connectivity index (χ4n) is 1.22. The topological polar surface area (TPSA) is 51.8 Å². The van der Waals surface area contributed by atoms with Crippen LogP contribution in [0.25, 0.3) is 11.1 Å². The minimum Gasteiger partial charge on any atom is -0.398 e. The number of anilines is 1. The molecule has 0 atom stereocenters. The third-order valence-corrected chi connectivity index (χ3v) is 1.89. The number of halogens is 1. The summed E-state index contributed by atoms with van der Waals surface area (Å²) < 4.78 is 12.9. The molecule has 70 valence electrons. The van der Waals surface area contributed by atoms with Crippen LogP contribution in [0.4, 0.5) is 10.1 Å². The summed E-state index contributed by atoms with van der Waals surface area (Å²) in [7, 11) is 0. The maximum absolute atomic E-state index is 12.9. The zero-order valence-electron chi connectivity index (χ0n) is 7.31. The fourth-order valence-corrected chi connectivity index (χ4v) is 1.22. The van der Waals surface area contributed by atoms with Gasteiger partial charge in [-0.3, -0.25) is 0 Å². The Balaban J connectivity index is 2.57. The van der Waals surface area contributed by atoms with E-state index in [2.05, 4.69) is 9.97 Å². The molecule has 14 heavy (non-hydrogen) atoms. The van der Waals surface area contributed by atoms with Gasteiger partial charge in [-0.1, -0.05) is 0 Å². The molecule has 1 heterocycles. The Hall–Kier alpha value is -1.97. The van der Waals surface area contributed by atoms with E-state index in [0.29, 0.717) is 16.8 Å². The highest BCUT2D eigenvalue weighted by atomic mass is 19.1. The van der Waals surface area contributed by atoms with Gasteiger partial charge in [0.15, 0.2) is 0 Å². The normalized spacial score (nSPS) is 10.1. The van der Waals surface area contributed by atoms with E-state index >= 15 is 0 Å². The van der Waals surface area contributed by atoms with Crippen LogP contribution in [-0.4, -0.2) is 9.97 Å². The van der Waals surface area contributed by atoms with Gasteiger partial charge in [0.05, 0.1) is 0 Å². The van der Waals surface area contributed by atoms with Crippen molar-refractivity contribution >= 4 is 5.69 Å². The molecule has 0 radical (unpaired) electrons. The van der Waals surface area contributed by atoms with E-state index < -0.39 is 0 Å². The lowest BCUT2D eigenvalue weighted by molar-refractivity contribution is 0.628. The quantitative estimate of drug-likeness (QED) is 0.696. The Morgan fingerprint density at radius 1 is 1.14 bits per heavy atom. The van der Waals surface area contributed by atoms with Crippen LogP contribution >= 0.6 is 0 Å². The van der Waals surface area contributed by atoms with Crippen molar-refractivity contribution in [2.45, 2.75) is 0 Å². The molecule has 0 fully saturated rings. The minimum atomic E-state index is -0.321. The number of nitrogens with two attached hydrogens (primary N) is 1. The van der Waals surface area contributed by atoms with Crippen molar-refractivity contribution in [3.05, 3.63) is 42.7 Å². The smallest absolute Gasteiger partial charge is 0.123 e. The van der Waals surface area contributed by atoms with E-state index in [4.69, 9.17) is 5.73 Å². The second kappa shape index (κ2) is 3.41. The van der Waals surface area contributed by atoms with Gasteiger partial charge in [-0.15, -0.1) is 0 Å². The Kier molecular flexibility index (Phi) is 2.10. The number of rotatable bonds is 1. The number of nitrogen functional groups attached to an aromatic ring is 1. The van der Waals surface area contributed by atoms with Crippen molar-refractivity contribution in [2.75, 3.05) is 5.73 Å². The largest absolute Gasteiger partial charge is 0.398 e. The molecular formula is C10H8FN3. The molecule has 0 spiro atoms. The van der Waals surface area contributed by atoms with E-state index in [-0.39, 0.29) is 5.82 Å². The van der Waals surface area contributed by atoms with Gasteiger partial charge in [0, 0.05) is 29.2 Å². The molecular weight excluding hydrogens is 181 g/mol. The van der Waals surface area contributed by atoms with E-state index in [1.54, 1.807) is 12.4 Å². The van der Waals surface area contributed by atoms with Gasteiger partial charge in [0.2, 0.25) is 0 Å². The van der Waals surface area contributed by atoms with Gasteiger partial charge < -0.3 is 5.73 Å². The summed E-state index contributed by atoms with van der Waals surface area (Å²) in [6, 6.07) is 4.22. The molecule has 0 aliphatic carbocycles. The van der Waals surface area contributed by atoms with Gasteiger partial charge in [0.25, 0.3) is 0 Å². The van der Waals surface area contributed by atoms with E-state index in [1.165, 1.54) is 24.5 Å². The van der Waals surface area contributed by atoms with Crippen LogP contribution in [-0.2, 0) is 0 Å². The number of hydrogen-bond donors (Lipinski definition) is 1. The molecule has 0 saturated carbocycles. The SMILES string of the molecule is Nc1ccc(F)cc1-c1cncnc1. The van der Waals surface area contributed by atoms with E-state index in [9.17, 15) is 4.39 Å². The summed E-state index contributed by atoms with van der Waals surface area (Å²) in [5.74, 6) is -0.321. The van der Waals surface area contributed by atoms with Crippen LogP contribution in [0.3, 0.4) is 0 Å². The van der Waals surface area contributed by atoms with Crippen LogP contribution in [0.1, 0.15) is 0 Å². The first-order chi connectivity index (χ1) is 6.77. The molecule has 4 heteroatoms. The molecule has 0 amide bonds. The average molecular weight is 189 g/mol. The maximum atomic E-state index is 12.9. The predicted octanol–water partition coefficient (Wildman–Crippen LogP) is 1.86. The van der Waals surface area contributed by atoms with Crippen LogP contribution in [0.15, 0.2) is 36.9 Å². The first kappa shape index (κ1) is 8.62. The molecule has 2 N–H and O–H groups in total. The third-order valence-electron chi connectivity index (χ3n) is 1.89. The first-order valence-corrected chi connectivity index (χ1v) is 4.08. The Morgan fingerprint density at radius 2 is 1.86 bits per heavy atom. The standard InChI is InChI=1S/C10H8FN3/c11-8-1-2-10(12)9(3-8)7-4-13-6-14-5-7/h1-6H,12H2. The maximum Gasteiger partial charge on any atom is 0.123 e. The monoisotopic (exact) mass is 189 g/mol. The van der Waals surface area contributed by atoms with Crippen molar-refractivity contribution in [3.63, 3.8) is 0 Å². The molecule has 0 aliphatic heterocycles. The highest BCUT2D eigenvalue weighted by Crippen LogP contribution is 2.24. The summed E-state index contributed by atoms with van der Waals surface area (Å²) in [6.07, 6.45) is 4.61. The zero-order valence-corrected chi connectivity index (χ0v) is 7.31. The fraction of sp³-hybridized carbons (Fsp3) is 0. The Morgan fingerprint density at radius 3 is 2.57 bits per heavy atom. The number of nitrogens with zero attached hydrogens (tertiary/aromatic N) is 2. The summed E-state index contributed by atoms with van der Waals surface area (Å²) >= 11 is 0. The predicted molar refractivity (Wildman–Crippen MR) is 51.8 cm³/mol.